The third kappa shape index (κ3) is 4.92. The second-order valence-electron chi connectivity index (χ2n) is 7.35. The molecule has 1 saturated heterocycles. The second-order valence-corrected chi connectivity index (χ2v) is 9.35. The highest BCUT2D eigenvalue weighted by Gasteiger charge is 2.31. The number of amides is 1. The van der Waals surface area contributed by atoms with E-state index in [9.17, 15) is 13.2 Å². The van der Waals surface area contributed by atoms with E-state index in [4.69, 9.17) is 4.42 Å². The molecule has 8 nitrogen and oxygen atoms in total. The summed E-state index contributed by atoms with van der Waals surface area (Å²) < 4.78 is 32.5. The lowest BCUT2D eigenvalue weighted by Crippen LogP contribution is -3.10. The van der Waals surface area contributed by atoms with Crippen molar-refractivity contribution in [2.45, 2.75) is 30.7 Å². The fraction of sp³-hybridized carbons (Fsp3) is 0.400. The smallest absolute Gasteiger partial charge is 0.271 e. The minimum atomic E-state index is -3.60. The molecule has 1 aliphatic rings. The van der Waals surface area contributed by atoms with Crippen molar-refractivity contribution < 1.29 is 22.5 Å². The van der Waals surface area contributed by atoms with Crippen molar-refractivity contribution in [1.82, 2.24) is 9.73 Å². The Kier molecular flexibility index (Phi) is 6.51. The van der Waals surface area contributed by atoms with Crippen LogP contribution in [0, 0.1) is 0 Å². The zero-order chi connectivity index (χ0) is 21.0. The van der Waals surface area contributed by atoms with Gasteiger partial charge in [0.1, 0.15) is 11.5 Å². The number of rotatable bonds is 6. The van der Waals surface area contributed by atoms with E-state index in [1.54, 1.807) is 26.1 Å². The van der Waals surface area contributed by atoms with Gasteiger partial charge in [-0.15, -0.1) is 0 Å². The van der Waals surface area contributed by atoms with Crippen molar-refractivity contribution in [3.8, 4) is 0 Å². The fourth-order valence-corrected chi connectivity index (χ4v) is 4.75. The Balaban J connectivity index is 1.67. The number of hydrazone groups is 1. The summed E-state index contributed by atoms with van der Waals surface area (Å²) in [6.07, 6.45) is 3.21. The van der Waals surface area contributed by atoms with Crippen LogP contribution in [-0.4, -0.2) is 57.6 Å². The van der Waals surface area contributed by atoms with E-state index in [1.807, 2.05) is 0 Å². The van der Waals surface area contributed by atoms with Crippen LogP contribution in [0.3, 0.4) is 0 Å². The maximum Gasteiger partial charge on any atom is 0.271 e. The monoisotopic (exact) mass is 419 g/mol. The molecular weight excluding hydrogens is 392 g/mol. The van der Waals surface area contributed by atoms with E-state index in [0.717, 1.165) is 25.9 Å². The van der Waals surface area contributed by atoms with Crippen molar-refractivity contribution >= 4 is 21.6 Å². The number of carbonyl (C=O) groups excluding carboxylic acids is 1. The summed E-state index contributed by atoms with van der Waals surface area (Å²) >= 11 is 0. The number of benzene rings is 1. The molecule has 29 heavy (non-hydrogen) atoms. The van der Waals surface area contributed by atoms with Crippen molar-refractivity contribution in [2.24, 2.45) is 5.10 Å². The lowest BCUT2D eigenvalue weighted by molar-refractivity contribution is -0.885. The number of sulfonamides is 1. The van der Waals surface area contributed by atoms with E-state index in [1.165, 1.54) is 39.7 Å². The highest BCUT2D eigenvalue weighted by Crippen LogP contribution is 2.20. The van der Waals surface area contributed by atoms with Gasteiger partial charge in [0.25, 0.3) is 5.91 Å². The van der Waals surface area contributed by atoms with Gasteiger partial charge < -0.3 is 9.32 Å². The van der Waals surface area contributed by atoms with Crippen LogP contribution < -0.4 is 10.3 Å². The summed E-state index contributed by atoms with van der Waals surface area (Å²) in [4.78, 5) is 13.9. The lowest BCUT2D eigenvalue weighted by Gasteiger charge is -2.32. The van der Waals surface area contributed by atoms with E-state index < -0.39 is 15.9 Å². The van der Waals surface area contributed by atoms with Gasteiger partial charge in [0.15, 0.2) is 0 Å². The van der Waals surface area contributed by atoms with E-state index >= 15 is 0 Å². The molecule has 0 atom stereocenters. The fourth-order valence-electron chi connectivity index (χ4n) is 3.34. The SMILES string of the molecule is C/C(=N/NC(=O)c1ccc(S(=O)(=O)N(C)C2CC[NH+](C)CC2)cc1)c1ccco1. The minimum absolute atomic E-state index is 0.00517. The highest BCUT2D eigenvalue weighted by atomic mass is 32.2. The number of likely N-dealkylation sites (tertiary alicyclic amines) is 1. The Bertz CT molecular complexity index is 960. The Morgan fingerprint density at radius 1 is 1.21 bits per heavy atom. The number of hydrogen-bond acceptors (Lipinski definition) is 5. The molecule has 0 radical (unpaired) electrons. The zero-order valence-corrected chi connectivity index (χ0v) is 17.7. The van der Waals surface area contributed by atoms with Gasteiger partial charge in [0.05, 0.1) is 31.3 Å². The average Bonchev–Trinajstić information content (AvgIpc) is 3.27. The van der Waals surface area contributed by atoms with Crippen LogP contribution in [0.15, 0.2) is 57.1 Å². The molecule has 2 aromatic rings. The van der Waals surface area contributed by atoms with Gasteiger partial charge >= 0.3 is 0 Å². The lowest BCUT2D eigenvalue weighted by atomic mass is 10.1. The largest absolute Gasteiger partial charge is 0.463 e. The van der Waals surface area contributed by atoms with Crippen LogP contribution in [0.1, 0.15) is 35.9 Å². The number of quaternary nitrogens is 1. The topological polar surface area (TPSA) is 96.4 Å². The molecule has 2 heterocycles. The summed E-state index contributed by atoms with van der Waals surface area (Å²) in [6, 6.07) is 9.39. The highest BCUT2D eigenvalue weighted by molar-refractivity contribution is 7.89. The predicted molar refractivity (Wildman–Crippen MR) is 109 cm³/mol. The standard InChI is InChI=1S/C20H26N4O4S/c1-15(19-5-4-14-28-19)21-22-20(25)16-6-8-18(9-7-16)29(26,27)24(3)17-10-12-23(2)13-11-17/h4-9,14,17H,10-13H2,1-3H3,(H,22,25)/p+1/b21-15-. The van der Waals surface area contributed by atoms with Crippen molar-refractivity contribution in [1.29, 1.82) is 0 Å². The maximum atomic E-state index is 12.9. The molecule has 0 bridgehead atoms. The van der Waals surface area contributed by atoms with Crippen LogP contribution in [0.4, 0.5) is 0 Å². The molecule has 1 fully saturated rings. The van der Waals surface area contributed by atoms with Crippen molar-refractivity contribution in [3.63, 3.8) is 0 Å². The molecule has 0 spiro atoms. The quantitative estimate of drug-likeness (QED) is 0.533. The summed E-state index contributed by atoms with van der Waals surface area (Å²) in [6.45, 7) is 3.64. The summed E-state index contributed by atoms with van der Waals surface area (Å²) in [5.41, 5.74) is 3.31. The normalized spacial score (nSPS) is 20.6. The predicted octanol–water partition coefficient (Wildman–Crippen LogP) is 0.731. The van der Waals surface area contributed by atoms with Gasteiger partial charge in [0, 0.05) is 31.5 Å². The Morgan fingerprint density at radius 2 is 1.86 bits per heavy atom. The molecule has 0 saturated carbocycles. The van der Waals surface area contributed by atoms with Gasteiger partial charge in [-0.3, -0.25) is 4.79 Å². The molecule has 3 rings (SSSR count). The molecule has 0 aliphatic carbocycles. The number of furan rings is 1. The van der Waals surface area contributed by atoms with E-state index in [0.29, 0.717) is 17.0 Å². The molecule has 156 valence electrons. The Labute approximate surface area is 171 Å². The number of carbonyl (C=O) groups is 1. The first-order valence-electron chi connectivity index (χ1n) is 9.57. The first-order valence-corrected chi connectivity index (χ1v) is 11.0. The van der Waals surface area contributed by atoms with E-state index in [-0.39, 0.29) is 10.9 Å². The van der Waals surface area contributed by atoms with Crippen LogP contribution >= 0.6 is 0 Å². The van der Waals surface area contributed by atoms with Crippen LogP contribution in [-0.2, 0) is 10.0 Å². The van der Waals surface area contributed by atoms with Gasteiger partial charge in [0.2, 0.25) is 10.0 Å². The third-order valence-corrected chi connectivity index (χ3v) is 7.24. The van der Waals surface area contributed by atoms with Crippen LogP contribution in [0.5, 0.6) is 0 Å². The number of hydrogen-bond donors (Lipinski definition) is 2. The molecular formula is C20H27N4O4S+. The number of nitrogens with zero attached hydrogens (tertiary/aromatic N) is 2. The number of piperidine rings is 1. The van der Waals surface area contributed by atoms with Crippen molar-refractivity contribution in [3.05, 3.63) is 54.0 Å². The third-order valence-electron chi connectivity index (χ3n) is 5.32. The Morgan fingerprint density at radius 3 is 2.45 bits per heavy atom. The second kappa shape index (κ2) is 8.89. The Hall–Kier alpha value is -2.49. The summed E-state index contributed by atoms with van der Waals surface area (Å²) in [7, 11) is 0.151. The van der Waals surface area contributed by atoms with Gasteiger partial charge in [-0.25, -0.2) is 13.8 Å². The van der Waals surface area contributed by atoms with E-state index in [2.05, 4.69) is 17.6 Å². The molecule has 2 N–H and O–H groups in total. The number of nitrogens with one attached hydrogen (secondary N) is 2. The summed E-state index contributed by atoms with van der Waals surface area (Å²) in [5.74, 6) is 0.136. The molecule has 1 aliphatic heterocycles. The zero-order valence-electron chi connectivity index (χ0n) is 16.9. The van der Waals surface area contributed by atoms with Gasteiger partial charge in [-0.1, -0.05) is 0 Å². The molecule has 1 aromatic heterocycles. The van der Waals surface area contributed by atoms with Gasteiger partial charge in [-0.2, -0.15) is 9.41 Å². The van der Waals surface area contributed by atoms with Gasteiger partial charge in [-0.05, 0) is 43.3 Å². The molecule has 0 unspecified atom stereocenters. The average molecular weight is 420 g/mol. The first kappa shape index (κ1) is 21.2. The molecule has 9 heteroatoms. The molecule has 1 aromatic carbocycles. The van der Waals surface area contributed by atoms with Crippen LogP contribution in [0.2, 0.25) is 0 Å². The summed E-state index contributed by atoms with van der Waals surface area (Å²) in [5, 5.41) is 4.00. The molecule has 1 amide bonds. The maximum absolute atomic E-state index is 12.9. The first-order chi connectivity index (χ1) is 13.8. The van der Waals surface area contributed by atoms with Crippen LogP contribution in [0.25, 0.3) is 0 Å². The minimum Gasteiger partial charge on any atom is -0.463 e. The van der Waals surface area contributed by atoms with Crippen molar-refractivity contribution in [2.75, 3.05) is 27.2 Å².